The lowest BCUT2D eigenvalue weighted by Gasteiger charge is -2.16. The van der Waals surface area contributed by atoms with Crippen LogP contribution in [0.1, 0.15) is 54.4 Å². The smallest absolute Gasteiger partial charge is 0.255 e. The number of aromatic hydroxyl groups is 1. The molecule has 1 aliphatic rings. The van der Waals surface area contributed by atoms with Gasteiger partial charge < -0.3 is 10.4 Å². The van der Waals surface area contributed by atoms with Crippen molar-refractivity contribution in [3.8, 4) is 5.75 Å². The van der Waals surface area contributed by atoms with Gasteiger partial charge in [0.15, 0.2) is 0 Å². The van der Waals surface area contributed by atoms with E-state index in [1.807, 2.05) is 6.92 Å². The standard InChI is InChI=1S/C15H21NO2/c1-11-8-9-14(17)13(10-11)15(18)16-12-6-4-2-3-5-7-12/h8-10,12,17H,2-7H2,1H3,(H,16,18). The van der Waals surface area contributed by atoms with Crippen LogP contribution in [0.5, 0.6) is 5.75 Å². The van der Waals surface area contributed by atoms with E-state index in [0.717, 1.165) is 18.4 Å². The molecule has 0 heterocycles. The zero-order chi connectivity index (χ0) is 13.0. The Morgan fingerprint density at radius 1 is 1.22 bits per heavy atom. The van der Waals surface area contributed by atoms with Crippen molar-refractivity contribution in [1.29, 1.82) is 0 Å². The normalized spacial score (nSPS) is 17.2. The average molecular weight is 247 g/mol. The molecule has 0 saturated heterocycles. The van der Waals surface area contributed by atoms with Gasteiger partial charge in [0.25, 0.3) is 5.91 Å². The summed E-state index contributed by atoms with van der Waals surface area (Å²) in [5.74, 6) is -0.0881. The van der Waals surface area contributed by atoms with Gasteiger partial charge in [0, 0.05) is 6.04 Å². The fraction of sp³-hybridized carbons (Fsp3) is 0.533. The molecule has 18 heavy (non-hydrogen) atoms. The summed E-state index contributed by atoms with van der Waals surface area (Å²) in [5.41, 5.74) is 1.37. The fourth-order valence-electron chi connectivity index (χ4n) is 2.52. The van der Waals surface area contributed by atoms with Gasteiger partial charge in [-0.1, -0.05) is 37.3 Å². The predicted molar refractivity (Wildman–Crippen MR) is 71.8 cm³/mol. The van der Waals surface area contributed by atoms with Crippen LogP contribution in [0.25, 0.3) is 0 Å². The first-order valence-corrected chi connectivity index (χ1v) is 6.77. The second-order valence-corrected chi connectivity index (χ2v) is 5.18. The first-order chi connectivity index (χ1) is 8.66. The summed E-state index contributed by atoms with van der Waals surface area (Å²) in [4.78, 5) is 12.1. The number of carbonyl (C=O) groups is 1. The average Bonchev–Trinajstić information content (AvgIpc) is 2.61. The van der Waals surface area contributed by atoms with Gasteiger partial charge in [0.2, 0.25) is 0 Å². The molecule has 1 saturated carbocycles. The molecule has 1 aliphatic carbocycles. The highest BCUT2D eigenvalue weighted by atomic mass is 16.3. The molecular weight excluding hydrogens is 226 g/mol. The number of nitrogens with one attached hydrogen (secondary N) is 1. The number of hydrogen-bond donors (Lipinski definition) is 2. The monoisotopic (exact) mass is 247 g/mol. The highest BCUT2D eigenvalue weighted by Gasteiger charge is 2.17. The molecule has 3 nitrogen and oxygen atoms in total. The zero-order valence-corrected chi connectivity index (χ0v) is 10.9. The van der Waals surface area contributed by atoms with Crippen LogP contribution in [0, 0.1) is 6.92 Å². The number of carbonyl (C=O) groups excluding carboxylic acids is 1. The molecule has 1 fully saturated rings. The molecular formula is C15H21NO2. The molecule has 98 valence electrons. The summed E-state index contributed by atoms with van der Waals surface area (Å²) < 4.78 is 0. The maximum absolute atomic E-state index is 12.1. The quantitative estimate of drug-likeness (QED) is 0.789. The van der Waals surface area contributed by atoms with E-state index in [4.69, 9.17) is 0 Å². The maximum Gasteiger partial charge on any atom is 0.255 e. The number of aryl methyl sites for hydroxylation is 1. The molecule has 0 atom stereocenters. The number of phenols is 1. The van der Waals surface area contributed by atoms with Crippen LogP contribution in [0.4, 0.5) is 0 Å². The van der Waals surface area contributed by atoms with E-state index in [0.29, 0.717) is 5.56 Å². The topological polar surface area (TPSA) is 49.3 Å². The molecule has 0 radical (unpaired) electrons. The number of rotatable bonds is 2. The van der Waals surface area contributed by atoms with Gasteiger partial charge in [0.1, 0.15) is 5.75 Å². The van der Waals surface area contributed by atoms with E-state index in [1.54, 1.807) is 18.2 Å². The summed E-state index contributed by atoms with van der Waals surface area (Å²) >= 11 is 0. The molecule has 2 rings (SSSR count). The predicted octanol–water partition coefficient (Wildman–Crippen LogP) is 3.15. The Hall–Kier alpha value is -1.51. The molecule has 1 amide bonds. The summed E-state index contributed by atoms with van der Waals surface area (Å²) in [6.45, 7) is 1.92. The highest BCUT2D eigenvalue weighted by Crippen LogP contribution is 2.21. The SMILES string of the molecule is Cc1ccc(O)c(C(=O)NC2CCCCCC2)c1. The lowest BCUT2D eigenvalue weighted by atomic mass is 10.1. The van der Waals surface area contributed by atoms with Crippen molar-refractivity contribution in [3.63, 3.8) is 0 Å². The molecule has 2 N–H and O–H groups in total. The lowest BCUT2D eigenvalue weighted by Crippen LogP contribution is -2.34. The molecule has 0 aromatic heterocycles. The Morgan fingerprint density at radius 3 is 2.56 bits per heavy atom. The molecule has 3 heteroatoms. The van der Waals surface area contributed by atoms with Gasteiger partial charge in [-0.2, -0.15) is 0 Å². The third-order valence-electron chi connectivity index (χ3n) is 3.59. The van der Waals surface area contributed by atoms with Crippen molar-refractivity contribution in [2.75, 3.05) is 0 Å². The van der Waals surface area contributed by atoms with Crippen LogP contribution < -0.4 is 5.32 Å². The molecule has 1 aromatic rings. The van der Waals surface area contributed by atoms with E-state index in [9.17, 15) is 9.90 Å². The number of hydrogen-bond acceptors (Lipinski definition) is 2. The van der Waals surface area contributed by atoms with Gasteiger partial charge in [-0.05, 0) is 31.9 Å². The summed E-state index contributed by atoms with van der Waals surface area (Å²) in [6.07, 6.45) is 7.01. The minimum Gasteiger partial charge on any atom is -0.507 e. The van der Waals surface area contributed by atoms with Crippen LogP contribution in [0.3, 0.4) is 0 Å². The number of amides is 1. The molecule has 0 spiro atoms. The van der Waals surface area contributed by atoms with Gasteiger partial charge in [-0.25, -0.2) is 0 Å². The molecule has 1 aromatic carbocycles. The van der Waals surface area contributed by atoms with Crippen molar-refractivity contribution >= 4 is 5.91 Å². The lowest BCUT2D eigenvalue weighted by molar-refractivity contribution is 0.0930. The summed E-state index contributed by atoms with van der Waals surface area (Å²) in [5, 5.41) is 12.8. The van der Waals surface area contributed by atoms with Crippen molar-refractivity contribution in [2.45, 2.75) is 51.5 Å². The van der Waals surface area contributed by atoms with Crippen LogP contribution >= 0.6 is 0 Å². The third kappa shape index (κ3) is 3.25. The van der Waals surface area contributed by atoms with E-state index < -0.39 is 0 Å². The van der Waals surface area contributed by atoms with E-state index in [2.05, 4.69) is 5.32 Å². The van der Waals surface area contributed by atoms with Crippen molar-refractivity contribution in [2.24, 2.45) is 0 Å². The van der Waals surface area contributed by atoms with Crippen LogP contribution in [-0.4, -0.2) is 17.1 Å². The second kappa shape index (κ2) is 5.89. The Kier molecular flexibility index (Phi) is 4.24. The van der Waals surface area contributed by atoms with Crippen LogP contribution in [-0.2, 0) is 0 Å². The van der Waals surface area contributed by atoms with Crippen molar-refractivity contribution < 1.29 is 9.90 Å². The van der Waals surface area contributed by atoms with Crippen LogP contribution in [0.2, 0.25) is 0 Å². The zero-order valence-electron chi connectivity index (χ0n) is 10.9. The van der Waals surface area contributed by atoms with Gasteiger partial charge in [-0.15, -0.1) is 0 Å². The Bertz CT molecular complexity index is 421. The minimum absolute atomic E-state index is 0.0618. The van der Waals surface area contributed by atoms with Crippen molar-refractivity contribution in [3.05, 3.63) is 29.3 Å². The summed E-state index contributed by atoms with van der Waals surface area (Å²) in [7, 11) is 0. The highest BCUT2D eigenvalue weighted by molar-refractivity contribution is 5.97. The van der Waals surface area contributed by atoms with Crippen molar-refractivity contribution in [1.82, 2.24) is 5.32 Å². The minimum atomic E-state index is -0.150. The first kappa shape index (κ1) is 12.9. The van der Waals surface area contributed by atoms with Crippen LogP contribution in [0.15, 0.2) is 18.2 Å². The Morgan fingerprint density at radius 2 is 1.89 bits per heavy atom. The first-order valence-electron chi connectivity index (χ1n) is 6.77. The van der Waals surface area contributed by atoms with Gasteiger partial charge >= 0.3 is 0 Å². The summed E-state index contributed by atoms with van der Waals surface area (Å²) in [6, 6.07) is 5.39. The van der Waals surface area contributed by atoms with Gasteiger partial charge in [0.05, 0.1) is 5.56 Å². The molecule has 0 bridgehead atoms. The Balaban J connectivity index is 2.04. The third-order valence-corrected chi connectivity index (χ3v) is 3.59. The van der Waals surface area contributed by atoms with E-state index in [-0.39, 0.29) is 17.7 Å². The molecule has 0 aliphatic heterocycles. The fourth-order valence-corrected chi connectivity index (χ4v) is 2.52. The second-order valence-electron chi connectivity index (χ2n) is 5.18. The maximum atomic E-state index is 12.1. The molecule has 0 unspecified atom stereocenters. The van der Waals surface area contributed by atoms with E-state index in [1.165, 1.54) is 25.7 Å². The van der Waals surface area contributed by atoms with Gasteiger partial charge in [-0.3, -0.25) is 4.79 Å². The Labute approximate surface area is 108 Å². The number of phenolic OH excluding ortho intramolecular Hbond substituents is 1. The van der Waals surface area contributed by atoms with E-state index >= 15 is 0 Å². The largest absolute Gasteiger partial charge is 0.507 e. The number of benzene rings is 1.